The molecule has 3 rings (SSSR count). The van der Waals surface area contributed by atoms with Crippen molar-refractivity contribution in [2.24, 2.45) is 0 Å². The zero-order chi connectivity index (χ0) is 17.5. The van der Waals surface area contributed by atoms with E-state index in [2.05, 4.69) is 15.3 Å². The van der Waals surface area contributed by atoms with Crippen LogP contribution >= 0.6 is 11.3 Å². The van der Waals surface area contributed by atoms with E-state index in [0.717, 1.165) is 23.8 Å². The number of anilines is 1. The number of benzene rings is 1. The molecule has 9 heteroatoms. The number of thiazole rings is 1. The average molecular weight is 365 g/mol. The van der Waals surface area contributed by atoms with E-state index in [1.54, 1.807) is 6.07 Å². The molecule has 24 heavy (non-hydrogen) atoms. The first-order valence-corrected chi connectivity index (χ1v) is 9.49. The van der Waals surface area contributed by atoms with Gasteiger partial charge in [0.15, 0.2) is 15.0 Å². The lowest BCUT2D eigenvalue weighted by Gasteiger charge is -2.02. The smallest absolute Gasteiger partial charge is 0.276 e. The Morgan fingerprint density at radius 3 is 2.71 bits per heavy atom. The highest BCUT2D eigenvalue weighted by Gasteiger charge is 2.14. The van der Waals surface area contributed by atoms with Gasteiger partial charge < -0.3 is 0 Å². The zero-order valence-corrected chi connectivity index (χ0v) is 14.3. The summed E-state index contributed by atoms with van der Waals surface area (Å²) in [5.41, 5.74) is 0.966. The molecule has 0 atom stereocenters. The number of carbonyl (C=O) groups excluding carboxylic acids is 1. The monoisotopic (exact) mass is 365 g/mol. The van der Waals surface area contributed by atoms with E-state index in [-0.39, 0.29) is 10.6 Å². The fourth-order valence-electron chi connectivity index (χ4n) is 2.01. The van der Waals surface area contributed by atoms with Crippen molar-refractivity contribution in [3.8, 4) is 0 Å². The van der Waals surface area contributed by atoms with Crippen LogP contribution in [0, 0.1) is 12.7 Å². The predicted octanol–water partition coefficient (Wildman–Crippen LogP) is 2.79. The van der Waals surface area contributed by atoms with Gasteiger partial charge in [0.25, 0.3) is 5.91 Å². The van der Waals surface area contributed by atoms with Crippen molar-refractivity contribution < 1.29 is 17.6 Å². The summed E-state index contributed by atoms with van der Waals surface area (Å²) >= 11 is 1.15. The fourth-order valence-corrected chi connectivity index (χ4v) is 3.64. The van der Waals surface area contributed by atoms with Crippen molar-refractivity contribution in [1.82, 2.24) is 9.97 Å². The lowest BCUT2D eigenvalue weighted by molar-refractivity contribution is 0.102. The summed E-state index contributed by atoms with van der Waals surface area (Å²) < 4.78 is 37.0. The summed E-state index contributed by atoms with van der Waals surface area (Å²) in [6.45, 7) is 1.54. The number of sulfone groups is 1. The minimum Gasteiger partial charge on any atom is -0.296 e. The summed E-state index contributed by atoms with van der Waals surface area (Å²) in [6.07, 6.45) is 2.11. The molecular weight excluding hydrogens is 353 g/mol. The maximum absolute atomic E-state index is 13.2. The van der Waals surface area contributed by atoms with Gasteiger partial charge in [0.1, 0.15) is 11.5 Å². The summed E-state index contributed by atoms with van der Waals surface area (Å²) in [5.74, 6) is -1.000. The molecule has 0 spiro atoms. The van der Waals surface area contributed by atoms with Gasteiger partial charge in [-0.2, -0.15) is 0 Å². The highest BCUT2D eigenvalue weighted by molar-refractivity contribution is 7.90. The minimum atomic E-state index is -3.31. The molecule has 0 bridgehead atoms. The van der Waals surface area contributed by atoms with E-state index in [9.17, 15) is 17.6 Å². The number of amides is 1. The van der Waals surface area contributed by atoms with Crippen LogP contribution in [0.3, 0.4) is 0 Å². The Morgan fingerprint density at radius 1 is 1.29 bits per heavy atom. The van der Waals surface area contributed by atoms with Crippen LogP contribution in [0.5, 0.6) is 0 Å². The van der Waals surface area contributed by atoms with E-state index >= 15 is 0 Å². The Balaban J connectivity index is 1.89. The molecule has 1 aromatic carbocycles. The molecule has 0 unspecified atom stereocenters. The normalized spacial score (nSPS) is 11.6. The minimum absolute atomic E-state index is 0.0741. The second kappa shape index (κ2) is 5.91. The molecule has 6 nitrogen and oxygen atoms in total. The Labute approximate surface area is 141 Å². The van der Waals surface area contributed by atoms with Crippen molar-refractivity contribution in [2.45, 2.75) is 11.8 Å². The standard InChI is InChI=1S/C15H12FN3O3S2/c1-8-5-12(17-7-10(8)16)14(20)19-15-18-11-4-3-9(24(2,21)22)6-13(11)23-15/h3-7H,1-2H3,(H,18,19,20). The number of hydrogen-bond acceptors (Lipinski definition) is 6. The molecule has 0 aliphatic carbocycles. The lowest BCUT2D eigenvalue weighted by Crippen LogP contribution is -2.13. The van der Waals surface area contributed by atoms with E-state index in [1.807, 2.05) is 0 Å². The quantitative estimate of drug-likeness (QED) is 0.771. The van der Waals surface area contributed by atoms with Crippen LogP contribution in [0.15, 0.2) is 35.4 Å². The second-order valence-electron chi connectivity index (χ2n) is 5.19. The first-order chi connectivity index (χ1) is 11.2. The van der Waals surface area contributed by atoms with Crippen LogP contribution in [-0.4, -0.2) is 30.5 Å². The third kappa shape index (κ3) is 3.26. The second-order valence-corrected chi connectivity index (χ2v) is 8.24. The van der Waals surface area contributed by atoms with Crippen LogP contribution in [0.25, 0.3) is 10.2 Å². The maximum atomic E-state index is 13.2. The highest BCUT2D eigenvalue weighted by atomic mass is 32.2. The molecule has 0 fully saturated rings. The number of halogens is 1. The Morgan fingerprint density at radius 2 is 2.04 bits per heavy atom. The summed E-state index contributed by atoms with van der Waals surface area (Å²) in [4.78, 5) is 20.3. The lowest BCUT2D eigenvalue weighted by atomic mass is 10.2. The van der Waals surface area contributed by atoms with Crippen LogP contribution in [-0.2, 0) is 9.84 Å². The molecule has 3 aromatic rings. The number of rotatable bonds is 3. The maximum Gasteiger partial charge on any atom is 0.276 e. The van der Waals surface area contributed by atoms with E-state index in [0.29, 0.717) is 20.9 Å². The first kappa shape index (κ1) is 16.5. The highest BCUT2D eigenvalue weighted by Crippen LogP contribution is 2.28. The number of hydrogen-bond donors (Lipinski definition) is 1. The van der Waals surface area contributed by atoms with Crippen LogP contribution < -0.4 is 5.32 Å². The Kier molecular flexibility index (Phi) is 4.06. The number of pyridine rings is 1. The first-order valence-electron chi connectivity index (χ1n) is 6.78. The number of aromatic nitrogens is 2. The molecule has 2 aromatic heterocycles. The Hall–Kier alpha value is -2.39. The molecule has 0 aliphatic heterocycles. The molecule has 0 aliphatic rings. The average Bonchev–Trinajstić information content (AvgIpc) is 2.90. The molecular formula is C15H12FN3O3S2. The van der Waals surface area contributed by atoms with E-state index in [1.165, 1.54) is 25.1 Å². The Bertz CT molecular complexity index is 1060. The van der Waals surface area contributed by atoms with E-state index < -0.39 is 21.6 Å². The van der Waals surface area contributed by atoms with Crippen LogP contribution in [0.1, 0.15) is 16.1 Å². The SMILES string of the molecule is Cc1cc(C(=O)Nc2nc3ccc(S(C)(=O)=O)cc3s2)ncc1F. The van der Waals surface area contributed by atoms with Crippen molar-refractivity contribution in [2.75, 3.05) is 11.6 Å². The molecule has 0 saturated carbocycles. The summed E-state index contributed by atoms with van der Waals surface area (Å²) in [5, 5.41) is 2.90. The van der Waals surface area contributed by atoms with Crippen molar-refractivity contribution in [1.29, 1.82) is 0 Å². The molecule has 0 radical (unpaired) electrons. The largest absolute Gasteiger partial charge is 0.296 e. The van der Waals surface area contributed by atoms with Gasteiger partial charge in [-0.15, -0.1) is 0 Å². The van der Waals surface area contributed by atoms with Crippen LogP contribution in [0.4, 0.5) is 9.52 Å². The molecule has 124 valence electrons. The number of nitrogens with one attached hydrogen (secondary N) is 1. The van der Waals surface area contributed by atoms with Gasteiger partial charge >= 0.3 is 0 Å². The number of carbonyl (C=O) groups is 1. The van der Waals surface area contributed by atoms with Gasteiger partial charge in [-0.3, -0.25) is 10.1 Å². The summed E-state index contributed by atoms with van der Waals surface area (Å²) in [7, 11) is -3.31. The molecule has 1 N–H and O–H groups in total. The fraction of sp³-hybridized carbons (Fsp3) is 0.133. The number of fused-ring (bicyclic) bond motifs is 1. The molecule has 2 heterocycles. The van der Waals surface area contributed by atoms with Gasteiger partial charge in [0, 0.05) is 6.26 Å². The molecule has 0 saturated heterocycles. The van der Waals surface area contributed by atoms with Gasteiger partial charge in [0.2, 0.25) is 0 Å². The van der Waals surface area contributed by atoms with Crippen molar-refractivity contribution >= 4 is 42.4 Å². The zero-order valence-electron chi connectivity index (χ0n) is 12.7. The number of nitrogens with zero attached hydrogens (tertiary/aromatic N) is 2. The van der Waals surface area contributed by atoms with Gasteiger partial charge in [-0.25, -0.2) is 22.8 Å². The van der Waals surface area contributed by atoms with Crippen molar-refractivity contribution in [3.63, 3.8) is 0 Å². The van der Waals surface area contributed by atoms with Gasteiger partial charge in [0.05, 0.1) is 21.3 Å². The van der Waals surface area contributed by atoms with Crippen LogP contribution in [0.2, 0.25) is 0 Å². The van der Waals surface area contributed by atoms with Crippen molar-refractivity contribution in [3.05, 3.63) is 47.5 Å². The van der Waals surface area contributed by atoms with E-state index in [4.69, 9.17) is 0 Å². The third-order valence-corrected chi connectivity index (χ3v) is 5.33. The van der Waals surface area contributed by atoms with Gasteiger partial charge in [-0.1, -0.05) is 11.3 Å². The topological polar surface area (TPSA) is 89.0 Å². The molecule has 1 amide bonds. The third-order valence-electron chi connectivity index (χ3n) is 3.29. The van der Waals surface area contributed by atoms with Gasteiger partial charge in [-0.05, 0) is 36.8 Å². The summed E-state index contributed by atoms with van der Waals surface area (Å²) in [6, 6.07) is 5.91. The number of aryl methyl sites for hydroxylation is 1. The predicted molar refractivity (Wildman–Crippen MR) is 89.6 cm³/mol.